The third-order valence-electron chi connectivity index (χ3n) is 4.50. The van der Waals surface area contributed by atoms with Crippen LogP contribution in [0.2, 0.25) is 5.15 Å². The Morgan fingerprint density at radius 3 is 2.24 bits per heavy atom. The van der Waals surface area contributed by atoms with Gasteiger partial charge in [-0.25, -0.2) is 4.98 Å². The Kier molecular flexibility index (Phi) is 2.27. The van der Waals surface area contributed by atoms with Crippen molar-refractivity contribution < 1.29 is 6.85 Å². The molecule has 0 unspecified atom stereocenters. The molecule has 25 heavy (non-hydrogen) atoms. The quantitative estimate of drug-likeness (QED) is 0.239. The van der Waals surface area contributed by atoms with Gasteiger partial charge in [-0.15, -0.1) is 0 Å². The molecule has 0 aliphatic heterocycles. The summed E-state index contributed by atoms with van der Waals surface area (Å²) >= 11 is 6.24. The topological polar surface area (TPSA) is 12.9 Å². The lowest BCUT2D eigenvalue weighted by molar-refractivity contribution is 1.37. The van der Waals surface area contributed by atoms with E-state index in [1.807, 2.05) is 42.5 Å². The van der Waals surface area contributed by atoms with Crippen molar-refractivity contribution in [3.8, 4) is 11.1 Å². The van der Waals surface area contributed by atoms with Gasteiger partial charge in [0.1, 0.15) is 5.15 Å². The molecule has 118 valence electrons. The van der Waals surface area contributed by atoms with E-state index in [0.717, 1.165) is 32.3 Å². The minimum absolute atomic E-state index is 0.200. The molecule has 0 N–H and O–H groups in total. The van der Waals surface area contributed by atoms with Crippen molar-refractivity contribution >= 4 is 43.9 Å². The van der Waals surface area contributed by atoms with Crippen molar-refractivity contribution in [3.63, 3.8) is 0 Å². The standard InChI is InChI=1S/C23H14ClN/c24-23-22-11-10-19-18-8-6-16(15-4-2-1-3-5-15)14-17(18)7-9-20(19)21(22)12-13-25-23/h1-14H/i1D,2D,3D,4D,5D. The number of pyridine rings is 1. The number of nitrogens with zero attached hydrogens (tertiary/aromatic N) is 1. The van der Waals surface area contributed by atoms with Gasteiger partial charge in [0.2, 0.25) is 0 Å². The molecule has 0 spiro atoms. The Morgan fingerprint density at radius 2 is 1.36 bits per heavy atom. The minimum Gasteiger partial charge on any atom is -0.244 e. The van der Waals surface area contributed by atoms with E-state index in [-0.39, 0.29) is 35.8 Å². The van der Waals surface area contributed by atoms with E-state index in [0.29, 0.717) is 10.7 Å². The number of rotatable bonds is 1. The molecule has 1 heterocycles. The highest BCUT2D eigenvalue weighted by Gasteiger charge is 2.08. The molecule has 0 radical (unpaired) electrons. The smallest absolute Gasteiger partial charge is 0.136 e. The molecule has 2 heteroatoms. The highest BCUT2D eigenvalue weighted by Crippen LogP contribution is 2.34. The van der Waals surface area contributed by atoms with E-state index < -0.39 is 0 Å². The first-order valence-electron chi connectivity index (χ1n) is 10.4. The van der Waals surface area contributed by atoms with Gasteiger partial charge in [-0.1, -0.05) is 78.2 Å². The molecule has 0 atom stereocenters. The zero-order chi connectivity index (χ0) is 21.2. The second kappa shape index (κ2) is 5.58. The van der Waals surface area contributed by atoms with E-state index in [1.165, 1.54) is 0 Å². The van der Waals surface area contributed by atoms with Crippen molar-refractivity contribution in [2.24, 2.45) is 0 Å². The largest absolute Gasteiger partial charge is 0.244 e. The Bertz CT molecular complexity index is 1480. The summed E-state index contributed by atoms with van der Waals surface area (Å²) in [5.41, 5.74) is 0.797. The molecule has 0 saturated carbocycles. The first-order valence-corrected chi connectivity index (χ1v) is 8.23. The second-order valence-electron chi connectivity index (χ2n) is 5.86. The van der Waals surface area contributed by atoms with Crippen LogP contribution in [0.5, 0.6) is 0 Å². The lowest BCUT2D eigenvalue weighted by Crippen LogP contribution is -1.84. The van der Waals surface area contributed by atoms with Crippen LogP contribution < -0.4 is 0 Å². The maximum absolute atomic E-state index is 8.23. The van der Waals surface area contributed by atoms with E-state index in [9.17, 15) is 0 Å². The maximum Gasteiger partial charge on any atom is 0.136 e. The van der Waals surface area contributed by atoms with Gasteiger partial charge in [-0.3, -0.25) is 0 Å². The van der Waals surface area contributed by atoms with Crippen LogP contribution in [0.1, 0.15) is 6.85 Å². The van der Waals surface area contributed by atoms with Crippen LogP contribution in [0.4, 0.5) is 0 Å². The van der Waals surface area contributed by atoms with Crippen molar-refractivity contribution in [3.05, 3.63) is 90.1 Å². The molecular weight excluding hydrogens is 326 g/mol. The molecule has 0 bridgehead atoms. The number of hydrogen-bond acceptors (Lipinski definition) is 1. The fourth-order valence-electron chi connectivity index (χ4n) is 3.33. The van der Waals surface area contributed by atoms with Gasteiger partial charge in [0.15, 0.2) is 0 Å². The Morgan fingerprint density at radius 1 is 0.680 bits per heavy atom. The minimum atomic E-state index is -0.388. The third kappa shape index (κ3) is 2.28. The molecule has 0 amide bonds. The summed E-state index contributed by atoms with van der Waals surface area (Å²) in [4.78, 5) is 4.14. The van der Waals surface area contributed by atoms with Gasteiger partial charge in [0, 0.05) is 11.6 Å². The van der Waals surface area contributed by atoms with Gasteiger partial charge in [0.05, 0.1) is 6.85 Å². The Hall–Kier alpha value is -2.90. The SMILES string of the molecule is [2H]c1c([2H])c([2H])c(-c2ccc3c(ccc4c5ccnc(Cl)c5ccc34)c2)c([2H])c1[2H]. The van der Waals surface area contributed by atoms with Gasteiger partial charge in [-0.05, 0) is 50.2 Å². The van der Waals surface area contributed by atoms with Crippen molar-refractivity contribution in [2.75, 3.05) is 0 Å². The maximum atomic E-state index is 8.23. The van der Waals surface area contributed by atoms with Gasteiger partial charge in [-0.2, -0.15) is 0 Å². The summed E-state index contributed by atoms with van der Waals surface area (Å²) < 4.78 is 40.1. The van der Waals surface area contributed by atoms with Crippen molar-refractivity contribution in [1.82, 2.24) is 4.98 Å². The molecule has 1 aromatic heterocycles. The van der Waals surface area contributed by atoms with Gasteiger partial charge in [0.25, 0.3) is 0 Å². The molecule has 0 aliphatic rings. The van der Waals surface area contributed by atoms with E-state index in [2.05, 4.69) is 4.98 Å². The summed E-state index contributed by atoms with van der Waals surface area (Å²) in [6.45, 7) is 0. The van der Waals surface area contributed by atoms with E-state index in [1.54, 1.807) is 12.3 Å². The molecule has 0 saturated heterocycles. The summed E-state index contributed by atoms with van der Waals surface area (Å²) in [6.07, 6.45) is 1.69. The summed E-state index contributed by atoms with van der Waals surface area (Å²) in [6, 6.07) is 14.1. The van der Waals surface area contributed by atoms with Gasteiger partial charge < -0.3 is 0 Å². The number of hydrogen-bond donors (Lipinski definition) is 0. The predicted molar refractivity (Wildman–Crippen MR) is 107 cm³/mol. The van der Waals surface area contributed by atoms with Gasteiger partial charge >= 0.3 is 0 Å². The molecule has 4 aromatic carbocycles. The fraction of sp³-hybridized carbons (Fsp3) is 0. The van der Waals surface area contributed by atoms with Crippen LogP contribution in [0, 0.1) is 0 Å². The first-order chi connectivity index (χ1) is 14.4. The molecule has 1 nitrogen and oxygen atoms in total. The lowest BCUT2D eigenvalue weighted by Gasteiger charge is -2.10. The average Bonchev–Trinajstić information content (AvgIpc) is 2.76. The summed E-state index contributed by atoms with van der Waals surface area (Å²) in [5, 5.41) is 6.41. The monoisotopic (exact) mass is 344 g/mol. The van der Waals surface area contributed by atoms with Crippen LogP contribution >= 0.6 is 11.6 Å². The zero-order valence-electron chi connectivity index (χ0n) is 18.0. The zero-order valence-corrected chi connectivity index (χ0v) is 13.8. The van der Waals surface area contributed by atoms with Crippen LogP contribution in [0.25, 0.3) is 43.4 Å². The molecule has 5 rings (SSSR count). The van der Waals surface area contributed by atoms with Crippen LogP contribution in [0.3, 0.4) is 0 Å². The molecule has 0 aliphatic carbocycles. The van der Waals surface area contributed by atoms with Crippen LogP contribution in [-0.2, 0) is 0 Å². The number of halogens is 1. The summed E-state index contributed by atoms with van der Waals surface area (Å²) in [5.74, 6) is 0. The van der Waals surface area contributed by atoms with Crippen LogP contribution in [-0.4, -0.2) is 4.98 Å². The second-order valence-corrected chi connectivity index (χ2v) is 6.22. The van der Waals surface area contributed by atoms with E-state index >= 15 is 0 Å². The number of fused-ring (bicyclic) bond motifs is 5. The Balaban J connectivity index is 1.79. The lowest BCUT2D eigenvalue weighted by atomic mass is 9.95. The number of benzene rings is 4. The number of aromatic nitrogens is 1. The summed E-state index contributed by atoms with van der Waals surface area (Å²) in [7, 11) is 0. The Labute approximate surface area is 157 Å². The third-order valence-corrected chi connectivity index (χ3v) is 4.80. The molecule has 5 aromatic rings. The normalized spacial score (nSPS) is 14.2. The highest BCUT2D eigenvalue weighted by atomic mass is 35.5. The fourth-order valence-corrected chi connectivity index (χ4v) is 3.55. The van der Waals surface area contributed by atoms with Crippen LogP contribution in [0.15, 0.2) is 84.9 Å². The molecular formula is C23H14ClN. The highest BCUT2D eigenvalue weighted by molar-refractivity contribution is 6.35. The van der Waals surface area contributed by atoms with E-state index in [4.69, 9.17) is 18.5 Å². The van der Waals surface area contributed by atoms with Crippen molar-refractivity contribution in [1.29, 1.82) is 0 Å². The average molecular weight is 345 g/mol. The first kappa shape index (κ1) is 10.2. The predicted octanol–water partition coefficient (Wildman–Crippen LogP) is 6.86. The molecule has 0 fully saturated rings. The van der Waals surface area contributed by atoms with Crippen molar-refractivity contribution in [2.45, 2.75) is 0 Å².